The van der Waals surface area contributed by atoms with E-state index in [0.717, 1.165) is 41.8 Å². The van der Waals surface area contributed by atoms with Gasteiger partial charge >= 0.3 is 0 Å². The SMILES string of the molecule is CCCCC(CC)C(=O)N(Cc1ccccc1)Cc1nc(C(=O)NCc2ccccc2)cs1. The minimum atomic E-state index is -0.198. The predicted molar refractivity (Wildman–Crippen MR) is 134 cm³/mol. The quantitative estimate of drug-likeness (QED) is 0.368. The van der Waals surface area contributed by atoms with Crippen molar-refractivity contribution in [3.05, 3.63) is 87.9 Å². The zero-order chi connectivity index (χ0) is 23.5. The van der Waals surface area contributed by atoms with Crippen LogP contribution in [0.5, 0.6) is 0 Å². The molecule has 0 aliphatic rings. The fourth-order valence-corrected chi connectivity index (χ4v) is 4.54. The molecule has 0 fully saturated rings. The molecule has 33 heavy (non-hydrogen) atoms. The molecule has 6 heteroatoms. The van der Waals surface area contributed by atoms with Crippen molar-refractivity contribution in [3.8, 4) is 0 Å². The Kier molecular flexibility index (Phi) is 9.63. The Morgan fingerprint density at radius 3 is 2.27 bits per heavy atom. The third kappa shape index (κ3) is 7.53. The molecule has 0 bridgehead atoms. The molecule has 1 heterocycles. The Hall–Kier alpha value is -2.99. The van der Waals surface area contributed by atoms with Gasteiger partial charge in [-0.2, -0.15) is 0 Å². The standard InChI is InChI=1S/C27H33N3O2S/c1-3-5-16-23(4-2)27(32)30(18-22-14-10-7-11-15-22)19-25-29-24(20-33-25)26(31)28-17-21-12-8-6-9-13-21/h6-15,20,23H,3-5,16-19H2,1-2H3,(H,28,31). The molecule has 0 spiro atoms. The van der Waals surface area contributed by atoms with E-state index in [-0.39, 0.29) is 17.7 Å². The number of nitrogens with zero attached hydrogens (tertiary/aromatic N) is 2. The summed E-state index contributed by atoms with van der Waals surface area (Å²) in [7, 11) is 0. The van der Waals surface area contributed by atoms with E-state index >= 15 is 0 Å². The van der Waals surface area contributed by atoms with Gasteiger partial charge in [-0.3, -0.25) is 9.59 Å². The van der Waals surface area contributed by atoms with Crippen LogP contribution in [0.1, 0.15) is 66.2 Å². The highest BCUT2D eigenvalue weighted by atomic mass is 32.1. The normalized spacial score (nSPS) is 11.7. The smallest absolute Gasteiger partial charge is 0.271 e. The van der Waals surface area contributed by atoms with Crippen molar-refractivity contribution in [2.24, 2.45) is 5.92 Å². The maximum absolute atomic E-state index is 13.4. The van der Waals surface area contributed by atoms with Crippen LogP contribution in [0.3, 0.4) is 0 Å². The number of carbonyl (C=O) groups is 2. The summed E-state index contributed by atoms with van der Waals surface area (Å²) in [5.41, 5.74) is 2.53. The molecule has 0 radical (unpaired) electrons. The summed E-state index contributed by atoms with van der Waals surface area (Å²) in [5.74, 6) is -0.0148. The van der Waals surface area contributed by atoms with E-state index in [2.05, 4.69) is 24.1 Å². The van der Waals surface area contributed by atoms with E-state index in [9.17, 15) is 9.59 Å². The highest BCUT2D eigenvalue weighted by molar-refractivity contribution is 7.09. The van der Waals surface area contributed by atoms with Crippen molar-refractivity contribution in [1.29, 1.82) is 0 Å². The first kappa shape index (κ1) is 24.6. The number of aromatic nitrogens is 1. The number of thiazole rings is 1. The molecule has 1 atom stereocenters. The van der Waals surface area contributed by atoms with E-state index in [4.69, 9.17) is 0 Å². The average molecular weight is 464 g/mol. The van der Waals surface area contributed by atoms with Gasteiger partial charge in [0.25, 0.3) is 5.91 Å². The van der Waals surface area contributed by atoms with E-state index < -0.39 is 0 Å². The molecule has 3 rings (SSSR count). The summed E-state index contributed by atoms with van der Waals surface area (Å²) in [5, 5.41) is 5.47. The van der Waals surface area contributed by atoms with Gasteiger partial charge in [0.05, 0.1) is 6.54 Å². The molecule has 1 aromatic heterocycles. The van der Waals surface area contributed by atoms with Crippen LogP contribution >= 0.6 is 11.3 Å². The first-order valence-electron chi connectivity index (χ1n) is 11.7. The van der Waals surface area contributed by atoms with Gasteiger partial charge in [-0.25, -0.2) is 4.98 Å². The molecule has 1 unspecified atom stereocenters. The third-order valence-electron chi connectivity index (χ3n) is 5.68. The average Bonchev–Trinajstić information content (AvgIpc) is 3.32. The van der Waals surface area contributed by atoms with Crippen molar-refractivity contribution in [2.75, 3.05) is 0 Å². The second kappa shape index (κ2) is 12.9. The van der Waals surface area contributed by atoms with Crippen LogP contribution in [-0.4, -0.2) is 21.7 Å². The first-order chi connectivity index (χ1) is 16.1. The second-order valence-electron chi connectivity index (χ2n) is 8.22. The summed E-state index contributed by atoms with van der Waals surface area (Å²) in [6, 6.07) is 19.8. The van der Waals surface area contributed by atoms with Crippen molar-refractivity contribution in [3.63, 3.8) is 0 Å². The van der Waals surface area contributed by atoms with Gasteiger partial charge in [0.1, 0.15) is 10.7 Å². The summed E-state index contributed by atoms with van der Waals surface area (Å²) in [4.78, 5) is 32.4. The summed E-state index contributed by atoms with van der Waals surface area (Å²) >= 11 is 1.43. The largest absolute Gasteiger partial charge is 0.347 e. The molecular weight excluding hydrogens is 430 g/mol. The molecule has 0 aliphatic heterocycles. The number of hydrogen-bond donors (Lipinski definition) is 1. The fourth-order valence-electron chi connectivity index (χ4n) is 3.75. The molecule has 5 nitrogen and oxygen atoms in total. The monoisotopic (exact) mass is 463 g/mol. The number of unbranched alkanes of at least 4 members (excludes halogenated alkanes) is 1. The maximum atomic E-state index is 13.4. The lowest BCUT2D eigenvalue weighted by molar-refractivity contribution is -0.137. The van der Waals surface area contributed by atoms with Gasteiger partial charge in [0, 0.05) is 24.4 Å². The molecule has 0 aliphatic carbocycles. The van der Waals surface area contributed by atoms with E-state index in [1.54, 1.807) is 5.38 Å². The van der Waals surface area contributed by atoms with Crippen LogP contribution in [0.2, 0.25) is 0 Å². The number of carbonyl (C=O) groups excluding carboxylic acids is 2. The minimum Gasteiger partial charge on any atom is -0.347 e. The topological polar surface area (TPSA) is 62.3 Å². The molecule has 0 saturated carbocycles. The van der Waals surface area contributed by atoms with Gasteiger partial charge in [-0.15, -0.1) is 11.3 Å². The Balaban J connectivity index is 1.69. The zero-order valence-corrected chi connectivity index (χ0v) is 20.3. The summed E-state index contributed by atoms with van der Waals surface area (Å²) < 4.78 is 0. The van der Waals surface area contributed by atoms with Crippen LogP contribution in [0.4, 0.5) is 0 Å². The van der Waals surface area contributed by atoms with Gasteiger partial charge in [0.2, 0.25) is 5.91 Å². The molecule has 1 N–H and O–H groups in total. The molecule has 2 amide bonds. The number of rotatable bonds is 12. The second-order valence-corrected chi connectivity index (χ2v) is 9.16. The van der Waals surface area contributed by atoms with Crippen molar-refractivity contribution in [2.45, 2.75) is 59.2 Å². The zero-order valence-electron chi connectivity index (χ0n) is 19.5. The molecule has 3 aromatic rings. The lowest BCUT2D eigenvalue weighted by atomic mass is 9.97. The number of hydrogen-bond acceptors (Lipinski definition) is 4. The van der Waals surface area contributed by atoms with Crippen molar-refractivity contribution >= 4 is 23.2 Å². The van der Waals surface area contributed by atoms with E-state index in [1.807, 2.05) is 65.6 Å². The van der Waals surface area contributed by atoms with Gasteiger partial charge in [-0.1, -0.05) is 87.4 Å². The van der Waals surface area contributed by atoms with Crippen LogP contribution in [0.25, 0.3) is 0 Å². The lowest BCUT2D eigenvalue weighted by Crippen LogP contribution is -2.35. The van der Waals surface area contributed by atoms with Crippen molar-refractivity contribution < 1.29 is 9.59 Å². The first-order valence-corrected chi connectivity index (χ1v) is 12.6. The van der Waals surface area contributed by atoms with E-state index in [0.29, 0.717) is 25.3 Å². The predicted octanol–water partition coefficient (Wildman–Crippen LogP) is 5.82. The highest BCUT2D eigenvalue weighted by Gasteiger charge is 2.24. The Morgan fingerprint density at radius 2 is 1.64 bits per heavy atom. The molecule has 174 valence electrons. The van der Waals surface area contributed by atoms with Crippen LogP contribution < -0.4 is 5.32 Å². The number of amides is 2. The van der Waals surface area contributed by atoms with Gasteiger partial charge in [-0.05, 0) is 24.0 Å². The Labute approximate surface area is 200 Å². The fraction of sp³-hybridized carbons (Fsp3) is 0.370. The third-order valence-corrected chi connectivity index (χ3v) is 6.52. The number of benzene rings is 2. The minimum absolute atomic E-state index is 0.0160. The Morgan fingerprint density at radius 1 is 0.970 bits per heavy atom. The van der Waals surface area contributed by atoms with Crippen molar-refractivity contribution in [1.82, 2.24) is 15.2 Å². The van der Waals surface area contributed by atoms with Crippen LogP contribution in [0, 0.1) is 5.92 Å². The number of nitrogens with one attached hydrogen (secondary N) is 1. The summed E-state index contributed by atoms with van der Waals surface area (Å²) in [6.07, 6.45) is 3.86. The molecular formula is C27H33N3O2S. The van der Waals surface area contributed by atoms with Crippen LogP contribution in [-0.2, 0) is 24.4 Å². The molecule has 0 saturated heterocycles. The molecule has 2 aromatic carbocycles. The van der Waals surface area contributed by atoms with Crippen LogP contribution in [0.15, 0.2) is 66.0 Å². The van der Waals surface area contributed by atoms with Gasteiger partial charge < -0.3 is 10.2 Å². The van der Waals surface area contributed by atoms with E-state index in [1.165, 1.54) is 11.3 Å². The summed E-state index contributed by atoms with van der Waals surface area (Å²) in [6.45, 7) is 5.64. The lowest BCUT2D eigenvalue weighted by Gasteiger charge is -2.26. The Bertz CT molecular complexity index is 1000. The highest BCUT2D eigenvalue weighted by Crippen LogP contribution is 2.21. The maximum Gasteiger partial charge on any atom is 0.271 e. The van der Waals surface area contributed by atoms with Gasteiger partial charge in [0.15, 0.2) is 0 Å².